The van der Waals surface area contributed by atoms with E-state index in [0.29, 0.717) is 19.3 Å². The van der Waals surface area contributed by atoms with Crippen molar-refractivity contribution in [2.24, 2.45) is 11.8 Å². The minimum absolute atomic E-state index is 0.0654. The predicted molar refractivity (Wildman–Crippen MR) is 229 cm³/mol. The van der Waals surface area contributed by atoms with Gasteiger partial charge in [-0.2, -0.15) is 0 Å². The third kappa shape index (κ3) is 41.6. The largest absolute Gasteiger partial charge is 0.462 e. The van der Waals surface area contributed by atoms with Gasteiger partial charge in [0.2, 0.25) is 0 Å². The smallest absolute Gasteiger partial charge is 0.306 e. The summed E-state index contributed by atoms with van der Waals surface area (Å²) in [5, 5.41) is 0. The fraction of sp³-hybridized carbons (Fsp3) is 0.938. The van der Waals surface area contributed by atoms with Crippen molar-refractivity contribution in [2.45, 2.75) is 265 Å². The van der Waals surface area contributed by atoms with E-state index in [9.17, 15) is 14.4 Å². The van der Waals surface area contributed by atoms with Gasteiger partial charge in [0.25, 0.3) is 0 Å². The lowest BCUT2D eigenvalue weighted by Crippen LogP contribution is -2.30. The number of esters is 3. The van der Waals surface area contributed by atoms with E-state index in [2.05, 4.69) is 34.6 Å². The second kappa shape index (κ2) is 41.1. The summed E-state index contributed by atoms with van der Waals surface area (Å²) in [6, 6.07) is 0. The Balaban J connectivity index is 4.21. The number of hydrogen-bond donors (Lipinski definition) is 0. The molecule has 0 aliphatic carbocycles. The standard InChI is InChI=1S/C48H92O6/c1-6-7-8-9-21-28-33-38-46(49)52-41-45(42-53-47(50)39-34-29-24-20-19-23-27-32-37-44(4)5)54-48(51)40-35-30-25-18-16-14-12-10-11-13-15-17-22-26-31-36-43(2)3/h43-45H,6-42H2,1-5H3/t45-/m1/s1. The van der Waals surface area contributed by atoms with Gasteiger partial charge < -0.3 is 14.2 Å². The van der Waals surface area contributed by atoms with Crippen molar-refractivity contribution < 1.29 is 28.6 Å². The number of carbonyl (C=O) groups excluding carboxylic acids is 3. The molecule has 0 spiro atoms. The first-order valence-electron chi connectivity index (χ1n) is 23.7. The zero-order chi connectivity index (χ0) is 39.7. The molecule has 0 fully saturated rings. The second-order valence-corrected chi connectivity index (χ2v) is 17.3. The Morgan fingerprint density at radius 2 is 0.611 bits per heavy atom. The van der Waals surface area contributed by atoms with Crippen LogP contribution in [-0.2, 0) is 28.6 Å². The second-order valence-electron chi connectivity index (χ2n) is 17.3. The van der Waals surface area contributed by atoms with E-state index in [0.717, 1.165) is 69.6 Å². The zero-order valence-corrected chi connectivity index (χ0v) is 36.8. The van der Waals surface area contributed by atoms with Crippen LogP contribution in [0, 0.1) is 11.8 Å². The van der Waals surface area contributed by atoms with Crippen LogP contribution in [0.1, 0.15) is 259 Å². The van der Waals surface area contributed by atoms with Crippen molar-refractivity contribution in [2.75, 3.05) is 13.2 Å². The minimum atomic E-state index is -0.759. The molecule has 320 valence electrons. The first kappa shape index (κ1) is 52.4. The van der Waals surface area contributed by atoms with Gasteiger partial charge in [0.05, 0.1) is 0 Å². The summed E-state index contributed by atoms with van der Waals surface area (Å²) in [5.41, 5.74) is 0. The maximum absolute atomic E-state index is 12.7. The molecule has 0 aromatic rings. The number of carbonyl (C=O) groups is 3. The summed E-state index contributed by atoms with van der Waals surface area (Å²) in [7, 11) is 0. The third-order valence-corrected chi connectivity index (χ3v) is 10.7. The number of hydrogen-bond acceptors (Lipinski definition) is 6. The molecule has 0 aromatic heterocycles. The highest BCUT2D eigenvalue weighted by Gasteiger charge is 2.19. The first-order chi connectivity index (χ1) is 26.2. The number of ether oxygens (including phenoxy) is 3. The molecule has 6 nitrogen and oxygen atoms in total. The number of rotatable bonds is 42. The van der Waals surface area contributed by atoms with E-state index < -0.39 is 6.10 Å². The summed E-state index contributed by atoms with van der Waals surface area (Å²) in [4.78, 5) is 37.6. The molecule has 0 N–H and O–H groups in total. The van der Waals surface area contributed by atoms with Gasteiger partial charge in [0.1, 0.15) is 13.2 Å². The lowest BCUT2D eigenvalue weighted by Gasteiger charge is -2.18. The molecule has 0 amide bonds. The fourth-order valence-electron chi connectivity index (χ4n) is 7.11. The Morgan fingerprint density at radius 1 is 0.352 bits per heavy atom. The Labute approximate surface area is 336 Å². The van der Waals surface area contributed by atoms with Crippen molar-refractivity contribution >= 4 is 17.9 Å². The SMILES string of the molecule is CCCCCCCCCC(=O)OC[C@H](COC(=O)CCCCCCCCCCC(C)C)OC(=O)CCCCCCCCCCCCCCCCCC(C)C. The van der Waals surface area contributed by atoms with Gasteiger partial charge in [-0.25, -0.2) is 0 Å². The van der Waals surface area contributed by atoms with E-state index in [-0.39, 0.29) is 31.1 Å². The summed E-state index contributed by atoms with van der Waals surface area (Å²) in [6.45, 7) is 11.3. The molecule has 0 aliphatic rings. The van der Waals surface area contributed by atoms with Crippen LogP contribution in [0.25, 0.3) is 0 Å². The van der Waals surface area contributed by atoms with Crippen LogP contribution in [0.2, 0.25) is 0 Å². The topological polar surface area (TPSA) is 78.9 Å². The average molecular weight is 765 g/mol. The molecule has 0 saturated heterocycles. The van der Waals surface area contributed by atoms with Crippen molar-refractivity contribution in [3.05, 3.63) is 0 Å². The van der Waals surface area contributed by atoms with E-state index >= 15 is 0 Å². The summed E-state index contributed by atoms with van der Waals surface area (Å²) < 4.78 is 16.7. The Morgan fingerprint density at radius 3 is 0.907 bits per heavy atom. The highest BCUT2D eigenvalue weighted by atomic mass is 16.6. The van der Waals surface area contributed by atoms with Crippen LogP contribution in [0.5, 0.6) is 0 Å². The van der Waals surface area contributed by atoms with E-state index in [4.69, 9.17) is 14.2 Å². The van der Waals surface area contributed by atoms with Gasteiger partial charge in [0, 0.05) is 19.3 Å². The summed E-state index contributed by atoms with van der Waals surface area (Å²) in [5.74, 6) is 0.782. The zero-order valence-electron chi connectivity index (χ0n) is 36.8. The molecule has 0 unspecified atom stereocenters. The van der Waals surface area contributed by atoms with E-state index in [1.807, 2.05) is 0 Å². The molecule has 0 heterocycles. The highest BCUT2D eigenvalue weighted by Crippen LogP contribution is 2.17. The monoisotopic (exact) mass is 765 g/mol. The molecule has 6 heteroatoms. The molecular formula is C48H92O6. The normalized spacial score (nSPS) is 12.1. The lowest BCUT2D eigenvalue weighted by molar-refractivity contribution is -0.167. The predicted octanol–water partition coefficient (Wildman–Crippen LogP) is 15.0. The quantitative estimate of drug-likeness (QED) is 0.0350. The Kier molecular flexibility index (Phi) is 39.8. The molecular weight excluding hydrogens is 673 g/mol. The maximum atomic E-state index is 12.7. The minimum Gasteiger partial charge on any atom is -0.462 e. The Hall–Kier alpha value is -1.59. The summed E-state index contributed by atoms with van der Waals surface area (Å²) >= 11 is 0. The van der Waals surface area contributed by atoms with Gasteiger partial charge in [-0.3, -0.25) is 14.4 Å². The highest BCUT2D eigenvalue weighted by molar-refractivity contribution is 5.71. The van der Waals surface area contributed by atoms with Crippen molar-refractivity contribution in [3.8, 4) is 0 Å². The van der Waals surface area contributed by atoms with Crippen LogP contribution in [0.4, 0.5) is 0 Å². The van der Waals surface area contributed by atoms with Gasteiger partial charge in [0.15, 0.2) is 6.10 Å². The van der Waals surface area contributed by atoms with Crippen LogP contribution in [0.3, 0.4) is 0 Å². The molecule has 0 radical (unpaired) electrons. The van der Waals surface area contributed by atoms with Gasteiger partial charge in [-0.1, -0.05) is 221 Å². The Bertz CT molecular complexity index is 824. The molecule has 0 rings (SSSR count). The average Bonchev–Trinajstić information content (AvgIpc) is 3.14. The molecule has 0 saturated carbocycles. The van der Waals surface area contributed by atoms with Crippen molar-refractivity contribution in [3.63, 3.8) is 0 Å². The molecule has 0 aliphatic heterocycles. The van der Waals surface area contributed by atoms with Gasteiger partial charge >= 0.3 is 17.9 Å². The van der Waals surface area contributed by atoms with Gasteiger partial charge in [-0.15, -0.1) is 0 Å². The summed E-state index contributed by atoms with van der Waals surface area (Å²) in [6.07, 6.45) is 39.6. The van der Waals surface area contributed by atoms with E-state index in [1.54, 1.807) is 0 Å². The van der Waals surface area contributed by atoms with Crippen LogP contribution >= 0.6 is 0 Å². The fourth-order valence-corrected chi connectivity index (χ4v) is 7.11. The lowest BCUT2D eigenvalue weighted by atomic mass is 10.0. The van der Waals surface area contributed by atoms with Crippen molar-refractivity contribution in [1.82, 2.24) is 0 Å². The van der Waals surface area contributed by atoms with Gasteiger partial charge in [-0.05, 0) is 31.1 Å². The van der Waals surface area contributed by atoms with Crippen molar-refractivity contribution in [1.29, 1.82) is 0 Å². The van der Waals surface area contributed by atoms with Crippen LogP contribution in [-0.4, -0.2) is 37.2 Å². The third-order valence-electron chi connectivity index (χ3n) is 10.7. The molecule has 1 atom stereocenters. The number of unbranched alkanes of at least 4 members (excludes halogenated alkanes) is 27. The maximum Gasteiger partial charge on any atom is 0.306 e. The van der Waals surface area contributed by atoms with Crippen LogP contribution < -0.4 is 0 Å². The molecule has 0 aromatic carbocycles. The van der Waals surface area contributed by atoms with E-state index in [1.165, 1.54) is 148 Å². The molecule has 54 heavy (non-hydrogen) atoms. The molecule has 0 bridgehead atoms. The first-order valence-corrected chi connectivity index (χ1v) is 23.7. The van der Waals surface area contributed by atoms with Crippen LogP contribution in [0.15, 0.2) is 0 Å².